The van der Waals surface area contributed by atoms with Gasteiger partial charge >= 0.3 is 0 Å². The molecule has 20 heavy (non-hydrogen) atoms. The number of rotatable bonds is 2. The molecule has 0 N–H and O–H groups in total. The van der Waals surface area contributed by atoms with Crippen molar-refractivity contribution in [2.45, 2.75) is 26.2 Å². The lowest BCUT2D eigenvalue weighted by Crippen LogP contribution is -2.25. The van der Waals surface area contributed by atoms with Crippen LogP contribution in [0.5, 0.6) is 0 Å². The molecule has 3 rings (SSSR count). The van der Waals surface area contributed by atoms with E-state index in [1.165, 1.54) is 10.6 Å². The Morgan fingerprint density at radius 3 is 2.90 bits per heavy atom. The molecule has 0 spiro atoms. The van der Waals surface area contributed by atoms with E-state index >= 15 is 0 Å². The molecule has 0 bridgehead atoms. The number of benzene rings is 1. The summed E-state index contributed by atoms with van der Waals surface area (Å²) in [5, 5.41) is 0.0598. The first-order chi connectivity index (χ1) is 9.72. The van der Waals surface area contributed by atoms with Crippen LogP contribution in [0.2, 0.25) is 0 Å². The number of allylic oxidation sites excluding steroid dienone is 4. The van der Waals surface area contributed by atoms with Gasteiger partial charge in [0.15, 0.2) is 0 Å². The first kappa shape index (κ1) is 12.8. The molecule has 0 fully saturated rings. The molecule has 3 nitrogen and oxygen atoms in total. The van der Waals surface area contributed by atoms with Crippen LogP contribution >= 0.6 is 0 Å². The van der Waals surface area contributed by atoms with Gasteiger partial charge in [0.1, 0.15) is 17.0 Å². The number of halogens is 1. The molecule has 1 aliphatic rings. The van der Waals surface area contributed by atoms with Crippen molar-refractivity contribution in [3.63, 3.8) is 0 Å². The van der Waals surface area contributed by atoms with Gasteiger partial charge in [-0.1, -0.05) is 25.1 Å². The second kappa shape index (κ2) is 5.04. The number of fused-ring (bicyclic) bond motifs is 1. The van der Waals surface area contributed by atoms with E-state index in [1.807, 2.05) is 25.2 Å². The van der Waals surface area contributed by atoms with Gasteiger partial charge in [-0.15, -0.1) is 0 Å². The zero-order valence-corrected chi connectivity index (χ0v) is 11.3. The van der Waals surface area contributed by atoms with Crippen molar-refractivity contribution < 1.29 is 4.39 Å². The molecule has 1 heterocycles. The Bertz CT molecular complexity index is 787. The van der Waals surface area contributed by atoms with Crippen LogP contribution in [0, 0.1) is 5.82 Å². The van der Waals surface area contributed by atoms with Crippen molar-refractivity contribution in [1.29, 1.82) is 0 Å². The highest BCUT2D eigenvalue weighted by molar-refractivity contribution is 5.79. The Morgan fingerprint density at radius 1 is 1.35 bits per heavy atom. The quantitative estimate of drug-likeness (QED) is 0.839. The summed E-state index contributed by atoms with van der Waals surface area (Å²) in [6.45, 7) is 1.94. The highest BCUT2D eigenvalue weighted by atomic mass is 19.1. The molecule has 0 radical (unpaired) electrons. The molecule has 1 aliphatic carbocycles. The maximum absolute atomic E-state index is 13.9. The minimum absolute atomic E-state index is 0.0598. The third-order valence-electron chi connectivity index (χ3n) is 3.47. The average Bonchev–Trinajstić information content (AvgIpc) is 2.47. The maximum Gasteiger partial charge on any atom is 0.268 e. The minimum atomic E-state index is -0.517. The zero-order valence-electron chi connectivity index (χ0n) is 11.3. The fraction of sp³-hybridized carbons (Fsp3) is 0.250. The van der Waals surface area contributed by atoms with Crippen molar-refractivity contribution >= 4 is 16.6 Å². The number of hydrogen-bond acceptors (Lipinski definition) is 2. The Balaban J connectivity index is 2.38. The van der Waals surface area contributed by atoms with E-state index in [4.69, 9.17) is 0 Å². The normalized spacial score (nSPS) is 14.6. The summed E-state index contributed by atoms with van der Waals surface area (Å²) in [7, 11) is 0. The predicted molar refractivity (Wildman–Crippen MR) is 78.0 cm³/mol. The summed E-state index contributed by atoms with van der Waals surface area (Å²) >= 11 is 0. The van der Waals surface area contributed by atoms with Crippen molar-refractivity contribution in [3.05, 3.63) is 58.4 Å². The molecule has 0 amide bonds. The lowest BCUT2D eigenvalue weighted by molar-refractivity contribution is 0.636. The van der Waals surface area contributed by atoms with Crippen LogP contribution in [0.25, 0.3) is 16.6 Å². The number of aromatic nitrogens is 2. The van der Waals surface area contributed by atoms with Crippen LogP contribution in [0.3, 0.4) is 0 Å². The molecule has 1 aromatic carbocycles. The molecule has 4 heteroatoms. The molecule has 0 atom stereocenters. The van der Waals surface area contributed by atoms with E-state index < -0.39 is 5.82 Å². The highest BCUT2D eigenvalue weighted by Gasteiger charge is 2.15. The Morgan fingerprint density at radius 2 is 2.20 bits per heavy atom. The SMILES string of the molecule is CCc1nc2cccc(F)c2c(=O)n1C1=CCCC=C1. The largest absolute Gasteiger partial charge is 0.268 e. The Hall–Kier alpha value is -2.23. The highest BCUT2D eigenvalue weighted by Crippen LogP contribution is 2.18. The second-order valence-electron chi connectivity index (χ2n) is 4.76. The number of nitrogens with zero attached hydrogens (tertiary/aromatic N) is 2. The smallest absolute Gasteiger partial charge is 0.268 e. The maximum atomic E-state index is 13.9. The summed E-state index contributed by atoms with van der Waals surface area (Å²) in [5.41, 5.74) is 0.877. The van der Waals surface area contributed by atoms with E-state index in [0.717, 1.165) is 18.5 Å². The Kier molecular flexibility index (Phi) is 3.22. The van der Waals surface area contributed by atoms with Gasteiger partial charge in [-0.3, -0.25) is 9.36 Å². The van der Waals surface area contributed by atoms with E-state index in [9.17, 15) is 9.18 Å². The van der Waals surface area contributed by atoms with E-state index in [-0.39, 0.29) is 10.9 Å². The van der Waals surface area contributed by atoms with Gasteiger partial charge in [-0.25, -0.2) is 9.37 Å². The van der Waals surface area contributed by atoms with Crippen molar-refractivity contribution in [1.82, 2.24) is 9.55 Å². The molecule has 0 saturated carbocycles. The van der Waals surface area contributed by atoms with Gasteiger partial charge in [0.05, 0.1) is 5.52 Å². The van der Waals surface area contributed by atoms with E-state index in [2.05, 4.69) is 4.98 Å². The topological polar surface area (TPSA) is 34.9 Å². The molecule has 0 aliphatic heterocycles. The fourth-order valence-electron chi connectivity index (χ4n) is 2.50. The van der Waals surface area contributed by atoms with Gasteiger partial charge in [-0.2, -0.15) is 0 Å². The van der Waals surface area contributed by atoms with Crippen LogP contribution in [0.4, 0.5) is 4.39 Å². The standard InChI is InChI=1S/C16H15FN2O/c1-2-14-18-13-10-6-9-12(17)15(13)16(20)19(14)11-7-4-3-5-8-11/h4,6-10H,2-3,5H2,1H3. The predicted octanol–water partition coefficient (Wildman–Crippen LogP) is 3.29. The van der Waals surface area contributed by atoms with Gasteiger partial charge in [0.2, 0.25) is 0 Å². The fourth-order valence-corrected chi connectivity index (χ4v) is 2.50. The molecular formula is C16H15FN2O. The molecular weight excluding hydrogens is 255 g/mol. The van der Waals surface area contributed by atoms with Gasteiger partial charge in [-0.05, 0) is 31.1 Å². The van der Waals surface area contributed by atoms with E-state index in [0.29, 0.717) is 17.8 Å². The van der Waals surface area contributed by atoms with Gasteiger partial charge in [0.25, 0.3) is 5.56 Å². The third-order valence-corrected chi connectivity index (χ3v) is 3.47. The monoisotopic (exact) mass is 270 g/mol. The molecule has 0 saturated heterocycles. The van der Waals surface area contributed by atoms with E-state index in [1.54, 1.807) is 12.1 Å². The van der Waals surface area contributed by atoms with Crippen LogP contribution in [0.1, 0.15) is 25.6 Å². The van der Waals surface area contributed by atoms with Crippen LogP contribution in [-0.4, -0.2) is 9.55 Å². The number of hydrogen-bond donors (Lipinski definition) is 0. The summed E-state index contributed by atoms with van der Waals surface area (Å²) in [6, 6.07) is 4.55. The molecule has 1 aromatic heterocycles. The van der Waals surface area contributed by atoms with Crippen LogP contribution in [-0.2, 0) is 6.42 Å². The summed E-state index contributed by atoms with van der Waals surface area (Å²) in [4.78, 5) is 17.1. The lowest BCUT2D eigenvalue weighted by Gasteiger charge is -2.15. The zero-order chi connectivity index (χ0) is 14.1. The summed E-state index contributed by atoms with van der Waals surface area (Å²) in [5.74, 6) is 0.141. The first-order valence-corrected chi connectivity index (χ1v) is 6.79. The molecule has 0 unspecified atom stereocenters. The molecule has 102 valence electrons. The van der Waals surface area contributed by atoms with Gasteiger partial charge < -0.3 is 0 Å². The number of aryl methyl sites for hydroxylation is 1. The third kappa shape index (κ3) is 1.97. The van der Waals surface area contributed by atoms with Crippen molar-refractivity contribution in [2.24, 2.45) is 0 Å². The van der Waals surface area contributed by atoms with Crippen molar-refractivity contribution in [2.75, 3.05) is 0 Å². The summed E-state index contributed by atoms with van der Waals surface area (Å²) < 4.78 is 15.5. The average molecular weight is 270 g/mol. The van der Waals surface area contributed by atoms with Crippen LogP contribution in [0.15, 0.2) is 41.2 Å². The Labute approximate surface area is 116 Å². The first-order valence-electron chi connectivity index (χ1n) is 6.79. The molecule has 2 aromatic rings. The van der Waals surface area contributed by atoms with Crippen molar-refractivity contribution in [3.8, 4) is 0 Å². The van der Waals surface area contributed by atoms with Crippen LogP contribution < -0.4 is 5.56 Å². The second-order valence-corrected chi connectivity index (χ2v) is 4.76. The van der Waals surface area contributed by atoms with Gasteiger partial charge in [0, 0.05) is 12.1 Å². The minimum Gasteiger partial charge on any atom is -0.268 e. The lowest BCUT2D eigenvalue weighted by atomic mass is 10.1. The summed E-state index contributed by atoms with van der Waals surface area (Å²) in [6.07, 6.45) is 8.39.